The highest BCUT2D eigenvalue weighted by Gasteiger charge is 2.13. The molecule has 0 radical (unpaired) electrons. The molecule has 6 heteroatoms. The molecule has 0 amide bonds. The predicted molar refractivity (Wildman–Crippen MR) is 91.4 cm³/mol. The van der Waals surface area contributed by atoms with E-state index in [0.29, 0.717) is 18.4 Å². The average molecular weight is 345 g/mol. The summed E-state index contributed by atoms with van der Waals surface area (Å²) in [7, 11) is 0. The molecule has 0 aliphatic carbocycles. The number of rotatable bonds is 2. The first-order chi connectivity index (χ1) is 11.3. The Morgan fingerprint density at radius 1 is 1.00 bits per heavy atom. The Morgan fingerprint density at radius 2 is 1.87 bits per heavy atom. The molecule has 116 valence electrons. The number of fused-ring (bicyclic) bond motifs is 1. The maximum absolute atomic E-state index is 5.95. The molecule has 0 bridgehead atoms. The van der Waals surface area contributed by atoms with Crippen molar-refractivity contribution < 1.29 is 9.47 Å². The van der Waals surface area contributed by atoms with Crippen LogP contribution in [0.4, 0.5) is 0 Å². The number of ether oxygens (including phenoxy) is 2. The third-order valence-electron chi connectivity index (χ3n) is 3.52. The molecule has 1 aromatic carbocycles. The summed E-state index contributed by atoms with van der Waals surface area (Å²) in [5, 5.41) is 3.41. The molecular weight excluding hydrogens is 332 g/mol. The lowest BCUT2D eigenvalue weighted by atomic mass is 10.1. The summed E-state index contributed by atoms with van der Waals surface area (Å²) in [6.45, 7) is 1.37. The van der Waals surface area contributed by atoms with E-state index in [1.807, 2.05) is 35.7 Å². The van der Waals surface area contributed by atoms with E-state index in [4.69, 9.17) is 26.1 Å². The van der Waals surface area contributed by atoms with Gasteiger partial charge in [0.15, 0.2) is 11.5 Å². The van der Waals surface area contributed by atoms with Gasteiger partial charge in [-0.15, -0.1) is 11.3 Å². The number of aromatic nitrogens is 2. The quantitative estimate of drug-likeness (QED) is 0.633. The van der Waals surface area contributed by atoms with Crippen molar-refractivity contribution in [3.8, 4) is 33.3 Å². The Hall–Kier alpha value is -2.11. The second kappa shape index (κ2) is 6.18. The second-order valence-corrected chi connectivity index (χ2v) is 6.36. The van der Waals surface area contributed by atoms with Gasteiger partial charge in [-0.1, -0.05) is 11.6 Å². The van der Waals surface area contributed by atoms with Gasteiger partial charge in [0.05, 0.1) is 18.9 Å². The fraction of sp³-hybridized carbons (Fsp3) is 0.176. The molecule has 0 fully saturated rings. The summed E-state index contributed by atoms with van der Waals surface area (Å²) >= 11 is 7.53. The minimum absolute atomic E-state index is 0.467. The van der Waals surface area contributed by atoms with Crippen molar-refractivity contribution in [1.82, 2.24) is 9.97 Å². The highest BCUT2D eigenvalue weighted by molar-refractivity contribution is 7.13. The van der Waals surface area contributed by atoms with Gasteiger partial charge in [-0.25, -0.2) is 9.97 Å². The number of hydrogen-bond donors (Lipinski definition) is 0. The molecule has 0 saturated heterocycles. The molecule has 0 spiro atoms. The number of pyridine rings is 1. The molecule has 0 atom stereocenters. The lowest BCUT2D eigenvalue weighted by Crippen LogP contribution is -1.97. The van der Waals surface area contributed by atoms with E-state index in [-0.39, 0.29) is 0 Å². The number of nitrogens with zero attached hydrogens (tertiary/aromatic N) is 2. The molecule has 3 aromatic rings. The number of hydrogen-bond acceptors (Lipinski definition) is 5. The van der Waals surface area contributed by atoms with E-state index >= 15 is 0 Å². The summed E-state index contributed by atoms with van der Waals surface area (Å²) in [5.41, 5.74) is 2.89. The molecule has 0 unspecified atom stereocenters. The molecule has 4 nitrogen and oxygen atoms in total. The Bertz CT molecular complexity index is 850. The van der Waals surface area contributed by atoms with E-state index < -0.39 is 0 Å². The molecule has 23 heavy (non-hydrogen) atoms. The van der Waals surface area contributed by atoms with E-state index in [1.54, 1.807) is 17.5 Å². The molecule has 1 aliphatic rings. The molecule has 0 N–H and O–H groups in total. The van der Waals surface area contributed by atoms with Crippen LogP contribution in [0.5, 0.6) is 11.5 Å². The fourth-order valence-electron chi connectivity index (χ4n) is 2.40. The van der Waals surface area contributed by atoms with Crippen LogP contribution < -0.4 is 9.47 Å². The van der Waals surface area contributed by atoms with E-state index in [9.17, 15) is 0 Å². The summed E-state index contributed by atoms with van der Waals surface area (Å²) in [4.78, 5) is 8.70. The first-order valence-electron chi connectivity index (χ1n) is 7.27. The summed E-state index contributed by atoms with van der Waals surface area (Å²) in [6.07, 6.45) is 2.58. The van der Waals surface area contributed by atoms with Crippen molar-refractivity contribution in [1.29, 1.82) is 0 Å². The van der Waals surface area contributed by atoms with Gasteiger partial charge in [0, 0.05) is 29.1 Å². The summed E-state index contributed by atoms with van der Waals surface area (Å²) in [6, 6.07) is 9.66. The van der Waals surface area contributed by atoms with Crippen molar-refractivity contribution in [2.45, 2.75) is 6.42 Å². The van der Waals surface area contributed by atoms with Crippen molar-refractivity contribution in [3.05, 3.63) is 47.1 Å². The van der Waals surface area contributed by atoms with Gasteiger partial charge in [-0.05, 0) is 30.3 Å². The van der Waals surface area contributed by atoms with Crippen molar-refractivity contribution in [3.63, 3.8) is 0 Å². The zero-order valence-electron chi connectivity index (χ0n) is 12.2. The third-order valence-corrected chi connectivity index (χ3v) is 4.62. The van der Waals surface area contributed by atoms with Crippen LogP contribution in [0.15, 0.2) is 41.9 Å². The number of thiazole rings is 1. The van der Waals surface area contributed by atoms with E-state index in [1.165, 1.54) is 0 Å². The smallest absolute Gasteiger partial charge is 0.161 e. The third kappa shape index (κ3) is 3.02. The minimum atomic E-state index is 0.467. The largest absolute Gasteiger partial charge is 0.490 e. The van der Waals surface area contributed by atoms with Crippen LogP contribution in [0, 0.1) is 0 Å². The first kappa shape index (κ1) is 14.5. The van der Waals surface area contributed by atoms with Crippen LogP contribution in [0.3, 0.4) is 0 Å². The number of halogens is 1. The van der Waals surface area contributed by atoms with Crippen LogP contribution in [0.25, 0.3) is 21.8 Å². The summed E-state index contributed by atoms with van der Waals surface area (Å²) < 4.78 is 11.4. The first-order valence-corrected chi connectivity index (χ1v) is 8.53. The van der Waals surface area contributed by atoms with Crippen LogP contribution >= 0.6 is 22.9 Å². The summed E-state index contributed by atoms with van der Waals surface area (Å²) in [5.74, 6) is 1.57. The monoisotopic (exact) mass is 344 g/mol. The number of benzene rings is 1. The van der Waals surface area contributed by atoms with Gasteiger partial charge >= 0.3 is 0 Å². The topological polar surface area (TPSA) is 44.2 Å². The van der Waals surface area contributed by atoms with Crippen molar-refractivity contribution >= 4 is 22.9 Å². The van der Waals surface area contributed by atoms with Crippen molar-refractivity contribution in [2.75, 3.05) is 13.2 Å². The zero-order chi connectivity index (χ0) is 15.6. The Labute approximate surface area is 142 Å². The molecule has 3 heterocycles. The highest BCUT2D eigenvalue weighted by Crippen LogP contribution is 2.36. The van der Waals surface area contributed by atoms with Crippen LogP contribution in [-0.2, 0) is 0 Å². The Morgan fingerprint density at radius 3 is 2.74 bits per heavy atom. The van der Waals surface area contributed by atoms with Gasteiger partial charge in [0.25, 0.3) is 0 Å². The normalized spacial score (nSPS) is 13.6. The maximum Gasteiger partial charge on any atom is 0.161 e. The molecule has 1 aliphatic heterocycles. The predicted octanol–water partition coefficient (Wildman–Crippen LogP) is 4.69. The van der Waals surface area contributed by atoms with E-state index in [2.05, 4.69) is 4.98 Å². The van der Waals surface area contributed by atoms with Crippen LogP contribution in [0.1, 0.15) is 6.42 Å². The van der Waals surface area contributed by atoms with Crippen LogP contribution in [0.2, 0.25) is 5.15 Å². The highest BCUT2D eigenvalue weighted by atomic mass is 35.5. The van der Waals surface area contributed by atoms with Gasteiger partial charge in [-0.3, -0.25) is 0 Å². The second-order valence-electron chi connectivity index (χ2n) is 5.12. The Kier molecular flexibility index (Phi) is 3.89. The van der Waals surface area contributed by atoms with Gasteiger partial charge < -0.3 is 9.47 Å². The molecule has 2 aromatic heterocycles. The van der Waals surface area contributed by atoms with E-state index in [0.717, 1.165) is 39.7 Å². The lowest BCUT2D eigenvalue weighted by Gasteiger charge is -2.08. The lowest BCUT2D eigenvalue weighted by molar-refractivity contribution is 0.297. The SMILES string of the molecule is Clc1cc(-c2nc(-c3ccc4c(c3)OCCCO4)cs2)ccn1. The van der Waals surface area contributed by atoms with Gasteiger partial charge in [0.1, 0.15) is 10.2 Å². The Balaban J connectivity index is 1.68. The average Bonchev–Trinajstić information content (AvgIpc) is 2.94. The fourth-order valence-corrected chi connectivity index (χ4v) is 3.40. The van der Waals surface area contributed by atoms with Crippen molar-refractivity contribution in [2.24, 2.45) is 0 Å². The van der Waals surface area contributed by atoms with Gasteiger partial charge in [0.2, 0.25) is 0 Å². The maximum atomic E-state index is 5.95. The molecular formula is C17H13ClN2O2S. The zero-order valence-corrected chi connectivity index (χ0v) is 13.7. The molecule has 0 saturated carbocycles. The molecule has 4 rings (SSSR count). The standard InChI is InChI=1S/C17H13ClN2O2S/c18-16-9-12(4-5-19-16)17-20-13(10-23-17)11-2-3-14-15(8-11)22-7-1-6-21-14/h2-5,8-10H,1,6-7H2. The van der Waals surface area contributed by atoms with Crippen LogP contribution in [-0.4, -0.2) is 23.2 Å². The minimum Gasteiger partial charge on any atom is -0.490 e. The van der Waals surface area contributed by atoms with Gasteiger partial charge in [-0.2, -0.15) is 0 Å².